The number of carbonyl (C=O) groups is 2. The van der Waals surface area contributed by atoms with Crippen LogP contribution >= 0.6 is 11.6 Å². The number of carbonyl (C=O) groups excluding carboxylic acids is 2. The summed E-state index contributed by atoms with van der Waals surface area (Å²) in [7, 11) is 0. The van der Waals surface area contributed by atoms with Gasteiger partial charge in [0.25, 0.3) is 11.8 Å². The molecule has 2 aromatic carbocycles. The van der Waals surface area contributed by atoms with Crippen LogP contribution in [0.4, 0.5) is 5.69 Å². The van der Waals surface area contributed by atoms with E-state index in [4.69, 9.17) is 16.0 Å². The van der Waals surface area contributed by atoms with E-state index in [0.717, 1.165) is 12.8 Å². The van der Waals surface area contributed by atoms with Crippen LogP contribution in [0.5, 0.6) is 0 Å². The molecule has 160 valence electrons. The third-order valence-electron chi connectivity index (χ3n) is 5.09. The third kappa shape index (κ3) is 4.29. The van der Waals surface area contributed by atoms with Crippen molar-refractivity contribution in [3.63, 3.8) is 0 Å². The summed E-state index contributed by atoms with van der Waals surface area (Å²) in [4.78, 5) is 25.0. The number of rotatable bonds is 6. The van der Waals surface area contributed by atoms with Crippen LogP contribution in [0, 0.1) is 0 Å². The Balaban J connectivity index is 1.39. The highest BCUT2D eigenvalue weighted by atomic mass is 35.5. The maximum Gasteiger partial charge on any atom is 0.276 e. The van der Waals surface area contributed by atoms with Crippen LogP contribution in [0.15, 0.2) is 77.4 Å². The molecule has 32 heavy (non-hydrogen) atoms. The van der Waals surface area contributed by atoms with Gasteiger partial charge in [-0.1, -0.05) is 17.7 Å². The summed E-state index contributed by atoms with van der Waals surface area (Å²) in [6, 6.07) is 19.5. The predicted octanol–water partition coefficient (Wildman–Crippen LogP) is 4.93. The first kappa shape index (κ1) is 20.1. The van der Waals surface area contributed by atoms with Crippen LogP contribution in [-0.4, -0.2) is 27.6 Å². The maximum atomic E-state index is 12.9. The molecule has 0 radical (unpaired) electrons. The van der Waals surface area contributed by atoms with Gasteiger partial charge in [0.15, 0.2) is 11.5 Å². The van der Waals surface area contributed by atoms with E-state index in [1.54, 1.807) is 65.5 Å². The van der Waals surface area contributed by atoms with Crippen molar-refractivity contribution in [3.8, 4) is 17.1 Å². The van der Waals surface area contributed by atoms with Crippen LogP contribution < -0.4 is 10.6 Å². The summed E-state index contributed by atoms with van der Waals surface area (Å²) in [5.41, 5.74) is 2.66. The maximum absolute atomic E-state index is 12.9. The Kier molecular flexibility index (Phi) is 5.25. The molecule has 0 atom stereocenters. The fourth-order valence-corrected chi connectivity index (χ4v) is 3.48. The largest absolute Gasteiger partial charge is 0.463 e. The highest BCUT2D eigenvalue weighted by molar-refractivity contribution is 6.30. The van der Waals surface area contributed by atoms with Gasteiger partial charge in [0.2, 0.25) is 0 Å². The summed E-state index contributed by atoms with van der Waals surface area (Å²) >= 11 is 6.14. The Morgan fingerprint density at radius 1 is 1.00 bits per heavy atom. The normalized spacial score (nSPS) is 13.0. The van der Waals surface area contributed by atoms with Gasteiger partial charge < -0.3 is 15.1 Å². The van der Waals surface area contributed by atoms with Crippen molar-refractivity contribution in [3.05, 3.63) is 89.3 Å². The van der Waals surface area contributed by atoms with Crippen LogP contribution in [0.25, 0.3) is 17.1 Å². The molecule has 1 aliphatic carbocycles. The second-order valence-electron chi connectivity index (χ2n) is 7.56. The van der Waals surface area contributed by atoms with Gasteiger partial charge in [-0.3, -0.25) is 9.59 Å². The van der Waals surface area contributed by atoms with E-state index in [1.807, 2.05) is 12.1 Å². The molecule has 2 heterocycles. The van der Waals surface area contributed by atoms with E-state index in [-0.39, 0.29) is 17.5 Å². The molecule has 5 rings (SSSR count). The zero-order chi connectivity index (χ0) is 22.1. The minimum Gasteiger partial charge on any atom is -0.463 e. The summed E-state index contributed by atoms with van der Waals surface area (Å²) in [5.74, 6) is 0.0880. The van der Waals surface area contributed by atoms with Crippen molar-refractivity contribution in [2.24, 2.45) is 0 Å². The van der Waals surface area contributed by atoms with Crippen molar-refractivity contribution < 1.29 is 14.0 Å². The van der Waals surface area contributed by atoms with E-state index in [0.29, 0.717) is 39.5 Å². The van der Waals surface area contributed by atoms with Gasteiger partial charge >= 0.3 is 0 Å². The first-order chi connectivity index (χ1) is 15.6. The number of nitrogens with zero attached hydrogens (tertiary/aromatic N) is 2. The highest BCUT2D eigenvalue weighted by Crippen LogP contribution is 2.26. The fraction of sp³-hybridized carbons (Fsp3) is 0.125. The van der Waals surface area contributed by atoms with Crippen LogP contribution in [-0.2, 0) is 0 Å². The quantitative estimate of drug-likeness (QED) is 0.439. The molecule has 8 heteroatoms. The molecule has 0 saturated heterocycles. The number of amides is 2. The molecule has 1 saturated carbocycles. The zero-order valence-corrected chi connectivity index (χ0v) is 17.7. The Labute approximate surface area is 189 Å². The van der Waals surface area contributed by atoms with Gasteiger partial charge in [-0.25, -0.2) is 4.68 Å². The van der Waals surface area contributed by atoms with Crippen LogP contribution in [0.3, 0.4) is 0 Å². The van der Waals surface area contributed by atoms with Crippen molar-refractivity contribution in [2.75, 3.05) is 5.32 Å². The minimum absolute atomic E-state index is 0.103. The summed E-state index contributed by atoms with van der Waals surface area (Å²) in [5, 5.41) is 10.8. The Morgan fingerprint density at radius 2 is 1.81 bits per heavy atom. The summed E-state index contributed by atoms with van der Waals surface area (Å²) < 4.78 is 7.14. The molecule has 2 N–H and O–H groups in total. The second-order valence-corrected chi connectivity index (χ2v) is 8.00. The van der Waals surface area contributed by atoms with Crippen LogP contribution in [0.2, 0.25) is 5.02 Å². The summed E-state index contributed by atoms with van der Waals surface area (Å²) in [6.45, 7) is 0. The highest BCUT2D eigenvalue weighted by Gasteiger charge is 2.24. The topological polar surface area (TPSA) is 89.2 Å². The number of halogens is 1. The first-order valence-corrected chi connectivity index (χ1v) is 10.6. The lowest BCUT2D eigenvalue weighted by Crippen LogP contribution is -2.25. The van der Waals surface area contributed by atoms with Gasteiger partial charge in [0, 0.05) is 28.4 Å². The predicted molar refractivity (Wildman–Crippen MR) is 121 cm³/mol. The molecule has 2 aromatic heterocycles. The lowest BCUT2D eigenvalue weighted by molar-refractivity contribution is 0.0950. The molecule has 7 nitrogen and oxygen atoms in total. The third-order valence-corrected chi connectivity index (χ3v) is 5.32. The van der Waals surface area contributed by atoms with Gasteiger partial charge in [0.1, 0.15) is 5.69 Å². The smallest absolute Gasteiger partial charge is 0.276 e. The molecule has 0 bridgehead atoms. The van der Waals surface area contributed by atoms with Crippen molar-refractivity contribution in [1.82, 2.24) is 15.1 Å². The Hall–Kier alpha value is -3.84. The average molecular weight is 447 g/mol. The van der Waals surface area contributed by atoms with Gasteiger partial charge in [0.05, 0.1) is 12.0 Å². The minimum atomic E-state index is -0.381. The zero-order valence-electron chi connectivity index (χ0n) is 16.9. The van der Waals surface area contributed by atoms with E-state index in [9.17, 15) is 9.59 Å². The Bertz CT molecular complexity index is 1280. The first-order valence-electron chi connectivity index (χ1n) is 10.2. The molecule has 1 aliphatic rings. The monoisotopic (exact) mass is 446 g/mol. The standard InChI is InChI=1S/C24H19ClN4O3/c25-16-3-1-4-19(13-16)29-21(22-5-2-12-32-22)14-20(28-29)24(31)27-17-8-6-15(7-9-17)23(30)26-18-10-11-18/h1-9,12-14,18H,10-11H2,(H,26,30)(H,27,31). The molecular formula is C24H19ClN4O3. The van der Waals surface area contributed by atoms with Gasteiger partial charge in [-0.05, 0) is 67.4 Å². The second kappa shape index (κ2) is 8.36. The number of nitrogens with one attached hydrogen (secondary N) is 2. The lowest BCUT2D eigenvalue weighted by atomic mass is 10.2. The van der Waals surface area contributed by atoms with E-state index in [1.165, 1.54) is 0 Å². The molecule has 0 spiro atoms. The fourth-order valence-electron chi connectivity index (χ4n) is 3.29. The number of benzene rings is 2. The number of hydrogen-bond acceptors (Lipinski definition) is 4. The molecule has 2 amide bonds. The number of furan rings is 1. The summed E-state index contributed by atoms with van der Waals surface area (Å²) in [6.07, 6.45) is 3.62. The molecule has 1 fully saturated rings. The van der Waals surface area contributed by atoms with Gasteiger partial charge in [-0.15, -0.1) is 0 Å². The molecular weight excluding hydrogens is 428 g/mol. The van der Waals surface area contributed by atoms with Crippen molar-refractivity contribution in [2.45, 2.75) is 18.9 Å². The van der Waals surface area contributed by atoms with Crippen LogP contribution in [0.1, 0.15) is 33.7 Å². The van der Waals surface area contributed by atoms with E-state index < -0.39 is 0 Å². The Morgan fingerprint density at radius 3 is 2.50 bits per heavy atom. The average Bonchev–Trinajstić information content (AvgIpc) is 3.27. The van der Waals surface area contributed by atoms with Crippen molar-refractivity contribution >= 4 is 29.1 Å². The number of hydrogen-bond donors (Lipinski definition) is 2. The van der Waals surface area contributed by atoms with Gasteiger partial charge in [-0.2, -0.15) is 5.10 Å². The lowest BCUT2D eigenvalue weighted by Gasteiger charge is -2.06. The molecule has 0 unspecified atom stereocenters. The molecule has 0 aliphatic heterocycles. The van der Waals surface area contributed by atoms with E-state index in [2.05, 4.69) is 15.7 Å². The van der Waals surface area contributed by atoms with E-state index >= 15 is 0 Å². The molecule has 4 aromatic rings. The number of anilines is 1. The number of aromatic nitrogens is 2. The SMILES string of the molecule is O=C(NC1CC1)c1ccc(NC(=O)c2cc(-c3ccco3)n(-c3cccc(Cl)c3)n2)cc1. The van der Waals surface area contributed by atoms with Crippen molar-refractivity contribution in [1.29, 1.82) is 0 Å².